The SMILES string of the molecule is CCOP(=O)(OCC)C1[Se]c2[se]c(=[Se])[se]c2[Se]1. The summed E-state index contributed by atoms with van der Waals surface area (Å²) < 4.78 is 28.7. The Morgan fingerprint density at radius 2 is 1.65 bits per heavy atom. The predicted molar refractivity (Wildman–Crippen MR) is 74.7 cm³/mol. The van der Waals surface area contributed by atoms with Crippen molar-refractivity contribution in [1.82, 2.24) is 0 Å². The van der Waals surface area contributed by atoms with Gasteiger partial charge in [-0.2, -0.15) is 0 Å². The van der Waals surface area contributed by atoms with Gasteiger partial charge in [0.2, 0.25) is 0 Å². The van der Waals surface area contributed by atoms with E-state index < -0.39 is 7.60 Å². The van der Waals surface area contributed by atoms with Crippen LogP contribution in [0.25, 0.3) is 0 Å². The summed E-state index contributed by atoms with van der Waals surface area (Å²) in [6.07, 6.45) is 0. The third-order valence-electron chi connectivity index (χ3n) is 1.81. The molecule has 96 valence electrons. The normalized spacial score (nSPS) is 16.4. The van der Waals surface area contributed by atoms with Gasteiger partial charge in [-0.1, -0.05) is 0 Å². The van der Waals surface area contributed by atoms with Crippen LogP contribution < -0.4 is 6.67 Å². The van der Waals surface area contributed by atoms with Gasteiger partial charge in [0, 0.05) is 0 Å². The number of rotatable bonds is 5. The molecule has 0 saturated heterocycles. The van der Waals surface area contributed by atoms with E-state index in [-0.39, 0.29) is 3.46 Å². The monoisotopic (exact) mass is 586 g/mol. The second-order valence-electron chi connectivity index (χ2n) is 2.95. The molecule has 0 saturated carbocycles. The molecule has 0 aliphatic carbocycles. The van der Waals surface area contributed by atoms with Gasteiger partial charge in [0.05, 0.1) is 0 Å². The average molecular weight is 581 g/mol. The Morgan fingerprint density at radius 1 is 1.18 bits per heavy atom. The Kier molecular flexibility index (Phi) is 6.37. The zero-order valence-corrected chi connectivity index (χ0v) is 18.7. The molecule has 0 atom stereocenters. The third kappa shape index (κ3) is 3.72. The maximum absolute atomic E-state index is 12.7. The molecule has 17 heavy (non-hydrogen) atoms. The van der Waals surface area contributed by atoms with Crippen molar-refractivity contribution in [2.45, 2.75) is 17.3 Å². The first-order valence-electron chi connectivity index (χ1n) is 4.95. The summed E-state index contributed by atoms with van der Waals surface area (Å²) in [5, 5.41) is 0. The van der Waals surface area contributed by atoms with Gasteiger partial charge in [0.1, 0.15) is 0 Å². The second kappa shape index (κ2) is 6.88. The van der Waals surface area contributed by atoms with Gasteiger partial charge in [-0.25, -0.2) is 0 Å². The Hall–Kier alpha value is 2.36. The fourth-order valence-electron chi connectivity index (χ4n) is 1.26. The molecule has 0 aromatic carbocycles. The average Bonchev–Trinajstić information content (AvgIpc) is 2.75. The molecule has 2 rings (SSSR count). The third-order valence-corrected chi connectivity index (χ3v) is 25.1. The maximum atomic E-state index is 12.7. The molecule has 0 unspecified atom stereocenters. The summed E-state index contributed by atoms with van der Waals surface area (Å²) in [5.74, 6) is 0. The molecule has 3 nitrogen and oxygen atoms in total. The molecule has 0 fully saturated rings. The standard InChI is InChI=1S/C8H11O3PSe5/c1-3-10-12(9,11-4-2)7-14-5-6(15-7)17-8(13)16-5/h7H,3-4H2,1-2H3. The summed E-state index contributed by atoms with van der Waals surface area (Å²) >= 11 is 4.99. The van der Waals surface area contributed by atoms with E-state index in [2.05, 4.69) is 15.6 Å². The van der Waals surface area contributed by atoms with Gasteiger partial charge in [-0.05, 0) is 0 Å². The second-order valence-corrected chi connectivity index (χ2v) is 24.5. The molecular weight excluding hydrogens is 570 g/mol. The van der Waals surface area contributed by atoms with Gasteiger partial charge in [-0.3, -0.25) is 0 Å². The Balaban J connectivity index is 2.17. The van der Waals surface area contributed by atoms with Crippen molar-refractivity contribution in [2.75, 3.05) is 13.2 Å². The van der Waals surface area contributed by atoms with Crippen LogP contribution in [0.2, 0.25) is 0 Å². The zero-order chi connectivity index (χ0) is 12.5. The summed E-state index contributed by atoms with van der Waals surface area (Å²) in [6, 6.07) is 0. The minimum absolute atomic E-state index is 0.212. The van der Waals surface area contributed by atoms with E-state index in [0.29, 0.717) is 72.1 Å². The number of hydrogen-bond acceptors (Lipinski definition) is 3. The molecule has 0 radical (unpaired) electrons. The van der Waals surface area contributed by atoms with E-state index in [1.807, 2.05) is 13.8 Å². The first-order valence-corrected chi connectivity index (χ1v) is 14.5. The topological polar surface area (TPSA) is 35.5 Å². The van der Waals surface area contributed by atoms with Crippen LogP contribution in [-0.2, 0) is 13.6 Å². The first-order chi connectivity index (χ1) is 8.09. The van der Waals surface area contributed by atoms with Gasteiger partial charge in [-0.15, -0.1) is 0 Å². The molecule has 1 aliphatic heterocycles. The molecule has 1 aromatic heterocycles. The zero-order valence-electron chi connectivity index (χ0n) is 9.20. The van der Waals surface area contributed by atoms with E-state index in [1.165, 1.54) is 0 Å². The summed E-state index contributed by atoms with van der Waals surface area (Å²) in [6.45, 7) is 4.75. The van der Waals surface area contributed by atoms with E-state index in [9.17, 15) is 4.57 Å². The molecule has 0 spiro atoms. The molecule has 1 aliphatic rings. The van der Waals surface area contributed by atoms with Crippen LogP contribution in [0.3, 0.4) is 0 Å². The summed E-state index contributed by atoms with van der Waals surface area (Å²) in [4.78, 5) is 0. The predicted octanol–water partition coefficient (Wildman–Crippen LogP) is -1.28. The van der Waals surface area contributed by atoms with E-state index in [0.717, 1.165) is 0 Å². The van der Waals surface area contributed by atoms with Crippen LogP contribution in [0.4, 0.5) is 0 Å². The first kappa shape index (κ1) is 15.7. The number of fused-ring (bicyclic) bond motifs is 1. The van der Waals surface area contributed by atoms with Crippen LogP contribution in [-0.4, -0.2) is 91.2 Å². The van der Waals surface area contributed by atoms with Crippen molar-refractivity contribution in [3.05, 3.63) is 1.81 Å². The Bertz CT molecular complexity index is 459. The molecule has 2 heterocycles. The van der Waals surface area contributed by atoms with Crippen LogP contribution >= 0.6 is 7.60 Å². The van der Waals surface area contributed by atoms with Gasteiger partial charge < -0.3 is 0 Å². The van der Waals surface area contributed by atoms with Crippen molar-refractivity contribution in [1.29, 1.82) is 0 Å². The summed E-state index contributed by atoms with van der Waals surface area (Å²) in [5.41, 5.74) is 0. The number of hydrogen-bond donors (Lipinski definition) is 0. The van der Waals surface area contributed by atoms with E-state index >= 15 is 0 Å². The van der Waals surface area contributed by atoms with E-state index in [1.54, 1.807) is 8.48 Å². The molecule has 1 aromatic rings. The Morgan fingerprint density at radius 3 is 2.06 bits per heavy atom. The molecule has 9 heteroatoms. The quantitative estimate of drug-likeness (QED) is 0.322. The fourth-order valence-corrected chi connectivity index (χ4v) is 35.4. The van der Waals surface area contributed by atoms with Crippen LogP contribution in [0.1, 0.15) is 13.8 Å². The van der Waals surface area contributed by atoms with Gasteiger partial charge in [0.15, 0.2) is 0 Å². The van der Waals surface area contributed by atoms with Crippen molar-refractivity contribution in [3.63, 3.8) is 0 Å². The van der Waals surface area contributed by atoms with Crippen molar-refractivity contribution in [3.8, 4) is 0 Å². The minimum atomic E-state index is -2.83. The summed E-state index contributed by atoms with van der Waals surface area (Å²) in [7, 11) is -2.83. The van der Waals surface area contributed by atoms with Crippen LogP contribution in [0.5, 0.6) is 0 Å². The van der Waals surface area contributed by atoms with Crippen molar-refractivity contribution in [2.24, 2.45) is 0 Å². The van der Waals surface area contributed by atoms with Crippen molar-refractivity contribution < 1.29 is 13.6 Å². The van der Waals surface area contributed by atoms with Crippen LogP contribution in [0, 0.1) is 1.81 Å². The Labute approximate surface area is 133 Å². The fraction of sp³-hybridized carbons (Fsp3) is 0.625. The molecular formula is C8H11O3PSe5. The molecule has 0 amide bonds. The van der Waals surface area contributed by atoms with Crippen LogP contribution in [0.15, 0.2) is 0 Å². The molecule has 0 N–H and O–H groups in total. The van der Waals surface area contributed by atoms with Crippen molar-refractivity contribution >= 4 is 88.8 Å². The van der Waals surface area contributed by atoms with Gasteiger partial charge >= 0.3 is 135 Å². The van der Waals surface area contributed by atoms with E-state index in [4.69, 9.17) is 9.05 Å². The van der Waals surface area contributed by atoms with Gasteiger partial charge in [0.25, 0.3) is 0 Å². The molecule has 0 bridgehead atoms.